The van der Waals surface area contributed by atoms with Gasteiger partial charge in [-0.3, -0.25) is 4.79 Å². The van der Waals surface area contributed by atoms with Crippen LogP contribution in [-0.4, -0.2) is 44.7 Å². The highest BCUT2D eigenvalue weighted by atomic mass is 16.4. The van der Waals surface area contributed by atoms with Crippen LogP contribution in [0.5, 0.6) is 0 Å². The summed E-state index contributed by atoms with van der Waals surface area (Å²) in [6.45, 7) is 2.12. The van der Waals surface area contributed by atoms with Gasteiger partial charge in [0.25, 0.3) is 0 Å². The summed E-state index contributed by atoms with van der Waals surface area (Å²) >= 11 is 0. The van der Waals surface area contributed by atoms with Crippen LogP contribution in [-0.2, 0) is 4.79 Å². The van der Waals surface area contributed by atoms with Crippen molar-refractivity contribution in [2.75, 3.05) is 0 Å². The predicted octanol–water partition coefficient (Wildman–Crippen LogP) is 2.65. The van der Waals surface area contributed by atoms with E-state index in [1.807, 2.05) is 18.2 Å². The van der Waals surface area contributed by atoms with E-state index in [0.717, 1.165) is 25.7 Å². The van der Waals surface area contributed by atoms with E-state index < -0.39 is 24.3 Å². The predicted molar refractivity (Wildman–Crippen MR) is 93.5 cm³/mol. The maximum Gasteiger partial charge on any atom is 0.303 e. The van der Waals surface area contributed by atoms with Crippen LogP contribution >= 0.6 is 0 Å². The van der Waals surface area contributed by atoms with Crippen molar-refractivity contribution < 1.29 is 25.2 Å². The first-order chi connectivity index (χ1) is 11.5. The Morgan fingerprint density at radius 1 is 1.21 bits per heavy atom. The third-order valence-corrected chi connectivity index (χ3v) is 4.67. The molecule has 4 N–H and O–H groups in total. The van der Waals surface area contributed by atoms with E-state index in [9.17, 15) is 20.1 Å². The van der Waals surface area contributed by atoms with Crippen molar-refractivity contribution in [2.24, 2.45) is 11.8 Å². The van der Waals surface area contributed by atoms with Gasteiger partial charge in [-0.2, -0.15) is 0 Å². The molecule has 138 valence electrons. The van der Waals surface area contributed by atoms with Gasteiger partial charge in [-0.1, -0.05) is 50.5 Å². The molecule has 0 spiro atoms. The molecule has 5 nitrogen and oxygen atoms in total. The molecule has 0 aromatic carbocycles. The number of carboxylic acids is 1. The molecule has 1 aliphatic rings. The summed E-state index contributed by atoms with van der Waals surface area (Å²) in [5.74, 6) is -1.10. The molecule has 0 aromatic heterocycles. The van der Waals surface area contributed by atoms with Gasteiger partial charge < -0.3 is 20.4 Å². The van der Waals surface area contributed by atoms with Crippen LogP contribution in [0.2, 0.25) is 0 Å². The molecule has 0 bridgehead atoms. The molecule has 5 heteroatoms. The number of unbranched alkanes of at least 4 members (excludes halogenated alkanes) is 2. The van der Waals surface area contributed by atoms with Crippen LogP contribution in [0.15, 0.2) is 24.3 Å². The van der Waals surface area contributed by atoms with Crippen molar-refractivity contribution in [1.29, 1.82) is 0 Å². The summed E-state index contributed by atoms with van der Waals surface area (Å²) in [6, 6.07) is 0. The number of rotatable bonds is 11. The van der Waals surface area contributed by atoms with Gasteiger partial charge in [0.1, 0.15) is 0 Å². The number of hydrogen-bond donors (Lipinski definition) is 4. The molecule has 1 saturated carbocycles. The molecule has 1 aliphatic carbocycles. The highest BCUT2D eigenvalue weighted by Crippen LogP contribution is 2.36. The summed E-state index contributed by atoms with van der Waals surface area (Å²) in [6.07, 6.45) is 11.0. The zero-order valence-corrected chi connectivity index (χ0v) is 14.6. The van der Waals surface area contributed by atoms with Gasteiger partial charge >= 0.3 is 5.97 Å². The van der Waals surface area contributed by atoms with Crippen LogP contribution in [0.25, 0.3) is 0 Å². The number of carboxylic acid groups (broad SMARTS) is 1. The maximum absolute atomic E-state index is 10.5. The van der Waals surface area contributed by atoms with Crippen LogP contribution in [0, 0.1) is 11.8 Å². The van der Waals surface area contributed by atoms with Crippen LogP contribution in [0.3, 0.4) is 0 Å². The summed E-state index contributed by atoms with van der Waals surface area (Å²) in [5.41, 5.74) is 0. The molecule has 1 rings (SSSR count). The minimum Gasteiger partial charge on any atom is -0.481 e. The van der Waals surface area contributed by atoms with Crippen molar-refractivity contribution in [3.63, 3.8) is 0 Å². The largest absolute Gasteiger partial charge is 0.481 e. The second-order valence-electron chi connectivity index (χ2n) is 6.70. The van der Waals surface area contributed by atoms with E-state index in [4.69, 9.17) is 5.11 Å². The Morgan fingerprint density at radius 2 is 1.96 bits per heavy atom. The highest BCUT2D eigenvalue weighted by Gasteiger charge is 2.39. The second kappa shape index (κ2) is 11.4. The SMILES string of the molecule is CCCCCC(O)C=CC1C(O)CC(O)C1CC=CCCC(=O)O. The fourth-order valence-corrected chi connectivity index (χ4v) is 3.24. The number of allylic oxidation sites excluding steroid dienone is 2. The lowest BCUT2D eigenvalue weighted by molar-refractivity contribution is -0.136. The molecule has 0 aliphatic heterocycles. The third kappa shape index (κ3) is 7.60. The van der Waals surface area contributed by atoms with E-state index in [1.165, 1.54) is 0 Å². The molecule has 5 unspecified atom stereocenters. The third-order valence-electron chi connectivity index (χ3n) is 4.67. The standard InChI is InChI=1S/C19H32O5/c1-2-3-5-8-14(20)11-12-16-15(17(21)13-18(16)22)9-6-4-7-10-19(23)24/h4,6,11-12,14-18,20-22H,2-3,5,7-10,13H2,1H3,(H,23,24). The molecule has 24 heavy (non-hydrogen) atoms. The normalized spacial score (nSPS) is 28.8. The first kappa shape index (κ1) is 20.9. The molecule has 0 amide bonds. The zero-order chi connectivity index (χ0) is 17.9. The van der Waals surface area contributed by atoms with E-state index in [-0.39, 0.29) is 18.3 Å². The van der Waals surface area contributed by atoms with Crippen LogP contribution in [0.4, 0.5) is 0 Å². The first-order valence-corrected chi connectivity index (χ1v) is 9.05. The minimum atomic E-state index is -0.825. The Bertz CT molecular complexity index is 418. The summed E-state index contributed by atoms with van der Waals surface area (Å²) in [7, 11) is 0. The molecular weight excluding hydrogens is 308 g/mol. The number of aliphatic carboxylic acids is 1. The van der Waals surface area contributed by atoms with Crippen LogP contribution in [0.1, 0.15) is 58.3 Å². The Labute approximate surface area is 144 Å². The summed E-state index contributed by atoms with van der Waals surface area (Å²) < 4.78 is 0. The van der Waals surface area contributed by atoms with Crippen LogP contribution < -0.4 is 0 Å². The van der Waals surface area contributed by atoms with Gasteiger partial charge in [-0.05, 0) is 25.2 Å². The number of hydrogen-bond acceptors (Lipinski definition) is 4. The minimum absolute atomic E-state index is 0.0969. The van der Waals surface area contributed by atoms with Gasteiger partial charge in [0, 0.05) is 18.8 Å². The smallest absolute Gasteiger partial charge is 0.303 e. The lowest BCUT2D eigenvalue weighted by Gasteiger charge is -2.19. The Morgan fingerprint density at radius 3 is 2.62 bits per heavy atom. The molecule has 0 aromatic rings. The average molecular weight is 340 g/mol. The topological polar surface area (TPSA) is 98.0 Å². The fraction of sp³-hybridized carbons (Fsp3) is 0.737. The Kier molecular flexibility index (Phi) is 9.91. The van der Waals surface area contributed by atoms with Crippen molar-refractivity contribution >= 4 is 5.97 Å². The summed E-state index contributed by atoms with van der Waals surface area (Å²) in [4.78, 5) is 10.5. The van der Waals surface area contributed by atoms with Crippen molar-refractivity contribution in [1.82, 2.24) is 0 Å². The fourth-order valence-electron chi connectivity index (χ4n) is 3.24. The molecule has 0 heterocycles. The molecule has 0 radical (unpaired) electrons. The van der Waals surface area contributed by atoms with Gasteiger partial charge in [0.05, 0.1) is 18.3 Å². The van der Waals surface area contributed by atoms with Crippen molar-refractivity contribution in [2.45, 2.75) is 76.6 Å². The van der Waals surface area contributed by atoms with E-state index >= 15 is 0 Å². The molecule has 0 saturated heterocycles. The highest BCUT2D eigenvalue weighted by molar-refractivity contribution is 5.66. The molecule has 1 fully saturated rings. The second-order valence-corrected chi connectivity index (χ2v) is 6.70. The maximum atomic E-state index is 10.5. The first-order valence-electron chi connectivity index (χ1n) is 9.05. The summed E-state index contributed by atoms with van der Waals surface area (Å²) in [5, 5.41) is 38.8. The van der Waals surface area contributed by atoms with Gasteiger partial charge in [-0.25, -0.2) is 0 Å². The monoisotopic (exact) mass is 340 g/mol. The van der Waals surface area contributed by atoms with E-state index in [2.05, 4.69) is 6.92 Å². The molecular formula is C19H32O5. The zero-order valence-electron chi connectivity index (χ0n) is 14.6. The number of carbonyl (C=O) groups is 1. The average Bonchev–Trinajstić information content (AvgIpc) is 2.78. The van der Waals surface area contributed by atoms with Crippen molar-refractivity contribution in [3.8, 4) is 0 Å². The molecule has 5 atom stereocenters. The number of aliphatic hydroxyl groups is 3. The Balaban J connectivity index is 2.51. The van der Waals surface area contributed by atoms with Crippen molar-refractivity contribution in [3.05, 3.63) is 24.3 Å². The number of aliphatic hydroxyl groups excluding tert-OH is 3. The van der Waals surface area contributed by atoms with Gasteiger partial charge in [0.2, 0.25) is 0 Å². The quantitative estimate of drug-likeness (QED) is 0.342. The van der Waals surface area contributed by atoms with E-state index in [0.29, 0.717) is 19.3 Å². The lowest BCUT2D eigenvalue weighted by Crippen LogP contribution is -2.20. The van der Waals surface area contributed by atoms with Gasteiger partial charge in [-0.15, -0.1) is 0 Å². The van der Waals surface area contributed by atoms with E-state index in [1.54, 1.807) is 6.08 Å². The van der Waals surface area contributed by atoms with Gasteiger partial charge in [0.15, 0.2) is 0 Å². The lowest BCUT2D eigenvalue weighted by atomic mass is 9.89. The Hall–Kier alpha value is -1.17.